The number of carbonyl (C=O) groups is 1. The van der Waals surface area contributed by atoms with E-state index >= 15 is 0 Å². The van der Waals surface area contributed by atoms with E-state index in [1.165, 1.54) is 12.1 Å². The van der Waals surface area contributed by atoms with Gasteiger partial charge in [-0.15, -0.1) is 0 Å². The van der Waals surface area contributed by atoms with Gasteiger partial charge < -0.3 is 14.6 Å². The first-order chi connectivity index (χ1) is 9.29. The van der Waals surface area contributed by atoms with E-state index in [-0.39, 0.29) is 19.0 Å². The van der Waals surface area contributed by atoms with Crippen LogP contribution in [-0.4, -0.2) is 32.5 Å². The van der Waals surface area contributed by atoms with E-state index < -0.39 is 19.9 Å². The number of halogens is 1. The average molecular weight is 300 g/mol. The molecule has 6 heteroatoms. The predicted octanol–water partition coefficient (Wildman–Crippen LogP) is 3.35. The van der Waals surface area contributed by atoms with Gasteiger partial charge in [-0.2, -0.15) is 0 Å². The Hall–Kier alpha value is -1.24. The number of hydrogen-bond acceptors (Lipinski definition) is 3. The summed E-state index contributed by atoms with van der Waals surface area (Å²) in [4.78, 5) is 11.0. The molecule has 0 spiro atoms. The first-order valence-corrected chi connectivity index (χ1v) is 10.2. The van der Waals surface area contributed by atoms with Crippen LogP contribution in [0, 0.1) is 5.82 Å². The van der Waals surface area contributed by atoms with Crippen molar-refractivity contribution in [2.75, 3.05) is 13.4 Å². The van der Waals surface area contributed by atoms with Gasteiger partial charge in [-0.05, 0) is 29.8 Å². The number of carboxylic acids is 1. The lowest BCUT2D eigenvalue weighted by molar-refractivity contribution is -0.0575. The molecule has 1 N–H and O–H groups in total. The van der Waals surface area contributed by atoms with E-state index in [2.05, 4.69) is 19.6 Å². The second kappa shape index (κ2) is 7.52. The van der Waals surface area contributed by atoms with Crippen LogP contribution in [0.15, 0.2) is 18.2 Å². The van der Waals surface area contributed by atoms with Gasteiger partial charge >= 0.3 is 5.97 Å². The third-order valence-corrected chi connectivity index (χ3v) is 4.42. The lowest BCUT2D eigenvalue weighted by Crippen LogP contribution is -2.22. The molecule has 4 nitrogen and oxygen atoms in total. The molecule has 0 radical (unpaired) electrons. The first kappa shape index (κ1) is 16.8. The largest absolute Gasteiger partial charge is 0.478 e. The summed E-state index contributed by atoms with van der Waals surface area (Å²) in [6.45, 7) is 7.49. The molecule has 0 heterocycles. The van der Waals surface area contributed by atoms with Crippen LogP contribution in [0.3, 0.4) is 0 Å². The Morgan fingerprint density at radius 2 is 2.00 bits per heavy atom. The number of hydrogen-bond donors (Lipinski definition) is 1. The zero-order valence-corrected chi connectivity index (χ0v) is 13.1. The van der Waals surface area contributed by atoms with Crippen molar-refractivity contribution in [3.8, 4) is 0 Å². The topological polar surface area (TPSA) is 55.8 Å². The van der Waals surface area contributed by atoms with Crippen molar-refractivity contribution in [2.24, 2.45) is 0 Å². The van der Waals surface area contributed by atoms with Crippen molar-refractivity contribution < 1.29 is 23.8 Å². The van der Waals surface area contributed by atoms with Gasteiger partial charge in [0.1, 0.15) is 12.6 Å². The van der Waals surface area contributed by atoms with Gasteiger partial charge in [-0.25, -0.2) is 9.18 Å². The molecule has 20 heavy (non-hydrogen) atoms. The highest BCUT2D eigenvalue weighted by atomic mass is 28.3. The summed E-state index contributed by atoms with van der Waals surface area (Å²) in [5.41, 5.74) is 0.361. The number of benzene rings is 1. The minimum absolute atomic E-state index is 0.0202. The molecule has 0 amide bonds. The van der Waals surface area contributed by atoms with Gasteiger partial charge in [0.05, 0.1) is 12.2 Å². The van der Waals surface area contributed by atoms with Crippen molar-refractivity contribution in [1.82, 2.24) is 0 Å². The highest BCUT2D eigenvalue weighted by molar-refractivity contribution is 6.76. The fourth-order valence-corrected chi connectivity index (χ4v) is 2.29. The Morgan fingerprint density at radius 1 is 1.30 bits per heavy atom. The zero-order chi connectivity index (χ0) is 15.2. The minimum Gasteiger partial charge on any atom is -0.478 e. The Labute approximate surface area is 119 Å². The quantitative estimate of drug-likeness (QED) is 0.454. The third-order valence-electron chi connectivity index (χ3n) is 2.72. The molecule has 1 aromatic carbocycles. The molecule has 112 valence electrons. The van der Waals surface area contributed by atoms with Gasteiger partial charge in [-0.1, -0.05) is 19.6 Å². The summed E-state index contributed by atoms with van der Waals surface area (Å²) < 4.78 is 23.7. The molecule has 0 saturated heterocycles. The van der Waals surface area contributed by atoms with E-state index in [9.17, 15) is 9.18 Å². The van der Waals surface area contributed by atoms with E-state index in [4.69, 9.17) is 14.6 Å². The number of aromatic carboxylic acids is 1. The molecular formula is C14H21FO4Si. The second-order valence-electron chi connectivity index (χ2n) is 5.79. The summed E-state index contributed by atoms with van der Waals surface area (Å²) in [5, 5.41) is 8.98. The van der Waals surface area contributed by atoms with E-state index in [1.54, 1.807) is 0 Å². The van der Waals surface area contributed by atoms with Crippen LogP contribution in [0.5, 0.6) is 0 Å². The Kier molecular flexibility index (Phi) is 6.32. The fraction of sp³-hybridized carbons (Fsp3) is 0.500. The SMILES string of the molecule is C[Si](C)(C)CCOCOCc1cc(F)ccc1C(=O)O. The molecule has 0 atom stereocenters. The maximum atomic E-state index is 13.1. The van der Waals surface area contributed by atoms with Crippen molar-refractivity contribution in [1.29, 1.82) is 0 Å². The lowest BCUT2D eigenvalue weighted by atomic mass is 10.1. The summed E-state index contributed by atoms with van der Waals surface area (Å²) in [6, 6.07) is 4.57. The van der Waals surface area contributed by atoms with Crippen LogP contribution >= 0.6 is 0 Å². The third kappa shape index (κ3) is 6.27. The molecule has 0 aliphatic carbocycles. The van der Waals surface area contributed by atoms with Crippen LogP contribution < -0.4 is 0 Å². The maximum absolute atomic E-state index is 13.1. The van der Waals surface area contributed by atoms with Crippen LogP contribution in [0.4, 0.5) is 4.39 Å². The van der Waals surface area contributed by atoms with Gasteiger partial charge in [0, 0.05) is 14.7 Å². The Balaban J connectivity index is 2.38. The van der Waals surface area contributed by atoms with Gasteiger partial charge in [0.2, 0.25) is 0 Å². The molecule has 0 aliphatic rings. The number of ether oxygens (including phenoxy) is 2. The van der Waals surface area contributed by atoms with E-state index in [1.807, 2.05) is 0 Å². The molecular weight excluding hydrogens is 279 g/mol. The summed E-state index contributed by atoms with van der Waals surface area (Å²) in [5.74, 6) is -1.57. The second-order valence-corrected chi connectivity index (χ2v) is 11.4. The molecule has 1 rings (SSSR count). The van der Waals surface area contributed by atoms with E-state index in [0.717, 1.165) is 12.1 Å². The number of carboxylic acid groups (broad SMARTS) is 1. The summed E-state index contributed by atoms with van der Waals surface area (Å²) in [7, 11) is -1.12. The van der Waals surface area contributed by atoms with Gasteiger partial charge in [0.15, 0.2) is 0 Å². The van der Waals surface area contributed by atoms with Crippen LogP contribution in [-0.2, 0) is 16.1 Å². The molecule has 0 saturated carbocycles. The predicted molar refractivity (Wildman–Crippen MR) is 77.1 cm³/mol. The van der Waals surface area contributed by atoms with Crippen molar-refractivity contribution in [3.63, 3.8) is 0 Å². The first-order valence-electron chi connectivity index (χ1n) is 6.47. The molecule has 1 aromatic rings. The lowest BCUT2D eigenvalue weighted by Gasteiger charge is -2.15. The highest BCUT2D eigenvalue weighted by Gasteiger charge is 2.13. The van der Waals surface area contributed by atoms with E-state index in [0.29, 0.717) is 12.2 Å². The molecule has 0 aliphatic heterocycles. The normalized spacial score (nSPS) is 11.6. The van der Waals surface area contributed by atoms with Crippen molar-refractivity contribution in [3.05, 3.63) is 35.1 Å². The highest BCUT2D eigenvalue weighted by Crippen LogP contribution is 2.13. The standard InChI is InChI=1S/C14H21FO4Si/c1-20(2,3)7-6-18-10-19-9-11-8-12(15)4-5-13(11)14(16)17/h4-5,8H,6-7,9-10H2,1-3H3,(H,16,17). The van der Waals surface area contributed by atoms with Crippen molar-refractivity contribution in [2.45, 2.75) is 32.3 Å². The molecule has 0 aromatic heterocycles. The fourth-order valence-electron chi connectivity index (χ4n) is 1.54. The number of rotatable bonds is 8. The van der Waals surface area contributed by atoms with Crippen LogP contribution in [0.1, 0.15) is 15.9 Å². The smallest absolute Gasteiger partial charge is 0.336 e. The molecule has 0 bridgehead atoms. The van der Waals surface area contributed by atoms with Crippen LogP contribution in [0.2, 0.25) is 25.7 Å². The zero-order valence-electron chi connectivity index (χ0n) is 12.1. The van der Waals surface area contributed by atoms with Crippen molar-refractivity contribution >= 4 is 14.0 Å². The minimum atomic E-state index is -1.12. The summed E-state index contributed by atoms with van der Waals surface area (Å²) in [6.07, 6.45) is 0. The molecule has 0 fully saturated rings. The summed E-state index contributed by atoms with van der Waals surface area (Å²) >= 11 is 0. The van der Waals surface area contributed by atoms with Crippen LogP contribution in [0.25, 0.3) is 0 Å². The monoisotopic (exact) mass is 300 g/mol. The van der Waals surface area contributed by atoms with Gasteiger partial charge in [-0.3, -0.25) is 0 Å². The Bertz CT molecular complexity index is 457. The maximum Gasteiger partial charge on any atom is 0.336 e. The average Bonchev–Trinajstić information content (AvgIpc) is 2.32. The van der Waals surface area contributed by atoms with Gasteiger partial charge in [0.25, 0.3) is 0 Å². The molecule has 0 unspecified atom stereocenters. The Morgan fingerprint density at radius 3 is 2.60 bits per heavy atom.